The van der Waals surface area contributed by atoms with Gasteiger partial charge in [-0.2, -0.15) is 4.99 Å². The number of carbonyl (C=O) groups excluding carboxylic acids is 1. The summed E-state index contributed by atoms with van der Waals surface area (Å²) in [6, 6.07) is 13.9. The maximum atomic E-state index is 12.5. The first kappa shape index (κ1) is 21.5. The predicted molar refractivity (Wildman–Crippen MR) is 120 cm³/mol. The van der Waals surface area contributed by atoms with Gasteiger partial charge in [0.25, 0.3) is 5.91 Å². The van der Waals surface area contributed by atoms with Gasteiger partial charge in [-0.1, -0.05) is 30.0 Å². The van der Waals surface area contributed by atoms with Gasteiger partial charge in [0.1, 0.15) is 17.2 Å². The zero-order chi connectivity index (χ0) is 22.0. The van der Waals surface area contributed by atoms with Crippen LogP contribution < -0.4 is 19.1 Å². The van der Waals surface area contributed by atoms with E-state index in [9.17, 15) is 13.2 Å². The van der Waals surface area contributed by atoms with E-state index < -0.39 is 15.7 Å². The summed E-state index contributed by atoms with van der Waals surface area (Å²) >= 11 is 1.30. The number of carbonyl (C=O) groups is 1. The Bertz CT molecular complexity index is 1100. The number of amidine groups is 1. The number of sulfone groups is 1. The Kier molecular flexibility index (Phi) is 6.10. The van der Waals surface area contributed by atoms with E-state index in [1.165, 1.54) is 18.9 Å². The first-order valence-corrected chi connectivity index (χ1v) is 12.3. The number of amides is 1. The van der Waals surface area contributed by atoms with Crippen LogP contribution in [0.4, 0.5) is 5.69 Å². The fourth-order valence-electron chi connectivity index (χ4n) is 3.63. The number of anilines is 1. The Labute approximate surface area is 185 Å². The number of ether oxygens (including phenoxy) is 3. The molecule has 1 amide bonds. The average molecular weight is 463 g/mol. The van der Waals surface area contributed by atoms with Crippen LogP contribution in [0.15, 0.2) is 53.5 Å². The number of aliphatic imine (C=N–C) groups is 1. The molecule has 2 atom stereocenters. The number of methoxy groups -OCH3 is 2. The van der Waals surface area contributed by atoms with Crippen molar-refractivity contribution in [3.63, 3.8) is 0 Å². The highest BCUT2D eigenvalue weighted by Crippen LogP contribution is 2.44. The molecule has 2 aliphatic heterocycles. The molecule has 164 valence electrons. The third kappa shape index (κ3) is 4.64. The van der Waals surface area contributed by atoms with Crippen LogP contribution in [-0.2, 0) is 14.6 Å². The van der Waals surface area contributed by atoms with Crippen molar-refractivity contribution in [3.05, 3.63) is 48.5 Å². The normalized spacial score (nSPS) is 22.9. The van der Waals surface area contributed by atoms with Gasteiger partial charge >= 0.3 is 0 Å². The van der Waals surface area contributed by atoms with Crippen LogP contribution in [0, 0.1) is 0 Å². The van der Waals surface area contributed by atoms with E-state index >= 15 is 0 Å². The molecule has 2 aromatic carbocycles. The SMILES string of the molecule is COc1ccc(N2C(=NC(=O)COc3ccccc3)SC3CS(=O)(=O)CC32)c(OC)c1. The lowest BCUT2D eigenvalue weighted by Crippen LogP contribution is -2.38. The minimum absolute atomic E-state index is 0.00637. The van der Waals surface area contributed by atoms with E-state index in [4.69, 9.17) is 14.2 Å². The van der Waals surface area contributed by atoms with Gasteiger partial charge in [0.15, 0.2) is 21.6 Å². The molecular weight excluding hydrogens is 440 g/mol. The highest BCUT2D eigenvalue weighted by Gasteiger charge is 2.50. The van der Waals surface area contributed by atoms with E-state index in [1.54, 1.807) is 42.3 Å². The van der Waals surface area contributed by atoms with Crippen molar-refractivity contribution in [2.45, 2.75) is 11.3 Å². The van der Waals surface area contributed by atoms with Crippen LogP contribution in [0.3, 0.4) is 0 Å². The second kappa shape index (κ2) is 8.80. The molecule has 8 nitrogen and oxygen atoms in total. The minimum Gasteiger partial charge on any atom is -0.497 e. The first-order chi connectivity index (χ1) is 14.9. The predicted octanol–water partition coefficient (Wildman–Crippen LogP) is 2.38. The molecule has 0 bridgehead atoms. The van der Waals surface area contributed by atoms with Gasteiger partial charge < -0.3 is 19.1 Å². The zero-order valence-electron chi connectivity index (χ0n) is 17.1. The molecule has 0 N–H and O–H groups in total. The Hall–Kier alpha value is -2.72. The molecule has 0 spiro atoms. The summed E-state index contributed by atoms with van der Waals surface area (Å²) in [6.07, 6.45) is 0. The van der Waals surface area contributed by atoms with Crippen LogP contribution in [-0.4, -0.2) is 63.1 Å². The molecule has 2 fully saturated rings. The van der Waals surface area contributed by atoms with Crippen LogP contribution in [0.1, 0.15) is 0 Å². The summed E-state index contributed by atoms with van der Waals surface area (Å²) in [5, 5.41) is 0.230. The first-order valence-electron chi connectivity index (χ1n) is 9.58. The van der Waals surface area contributed by atoms with Gasteiger partial charge in [-0.3, -0.25) is 4.79 Å². The highest BCUT2D eigenvalue weighted by molar-refractivity contribution is 8.16. The van der Waals surface area contributed by atoms with Gasteiger partial charge in [-0.05, 0) is 24.3 Å². The number of fused-ring (bicyclic) bond motifs is 1. The van der Waals surface area contributed by atoms with E-state index in [-0.39, 0.29) is 29.4 Å². The standard InChI is InChI=1S/C21H22N2O6S2/c1-27-15-8-9-16(18(10-15)28-2)23-17-12-31(25,26)13-19(17)30-21(23)22-20(24)11-29-14-6-4-3-5-7-14/h3-10,17,19H,11-13H2,1-2H3. The number of hydrogen-bond acceptors (Lipinski definition) is 7. The van der Waals surface area contributed by atoms with Gasteiger partial charge in [0.05, 0.1) is 37.5 Å². The van der Waals surface area contributed by atoms with E-state index in [2.05, 4.69) is 4.99 Å². The molecule has 0 radical (unpaired) electrons. The average Bonchev–Trinajstić information content (AvgIpc) is 3.23. The van der Waals surface area contributed by atoms with E-state index in [0.717, 1.165) is 0 Å². The summed E-state index contributed by atoms with van der Waals surface area (Å²) in [6.45, 7) is -0.213. The fourth-order valence-corrected chi connectivity index (χ4v) is 7.56. The number of rotatable bonds is 6. The van der Waals surface area contributed by atoms with Gasteiger partial charge in [0, 0.05) is 11.3 Å². The van der Waals surface area contributed by atoms with Crippen molar-refractivity contribution in [1.82, 2.24) is 0 Å². The quantitative estimate of drug-likeness (QED) is 0.646. The second-order valence-electron chi connectivity index (χ2n) is 7.10. The summed E-state index contributed by atoms with van der Waals surface area (Å²) in [7, 11) is -0.0882. The van der Waals surface area contributed by atoms with Crippen LogP contribution >= 0.6 is 11.8 Å². The number of thioether (sulfide) groups is 1. The van der Waals surface area contributed by atoms with Crippen molar-refractivity contribution in [2.75, 3.05) is 37.2 Å². The minimum atomic E-state index is -3.17. The molecular formula is C21H22N2O6S2. The van der Waals surface area contributed by atoms with Crippen molar-refractivity contribution >= 4 is 38.4 Å². The van der Waals surface area contributed by atoms with Crippen molar-refractivity contribution in [2.24, 2.45) is 4.99 Å². The molecule has 0 aliphatic carbocycles. The van der Waals surface area contributed by atoms with Crippen LogP contribution in [0.5, 0.6) is 17.2 Å². The second-order valence-corrected chi connectivity index (χ2v) is 10.5. The van der Waals surface area contributed by atoms with Gasteiger partial charge in [-0.15, -0.1) is 0 Å². The van der Waals surface area contributed by atoms with Crippen LogP contribution in [0.25, 0.3) is 0 Å². The molecule has 0 saturated carbocycles. The van der Waals surface area contributed by atoms with Crippen molar-refractivity contribution in [3.8, 4) is 17.2 Å². The molecule has 2 saturated heterocycles. The lowest BCUT2D eigenvalue weighted by Gasteiger charge is -2.26. The number of hydrogen-bond donors (Lipinski definition) is 0. The molecule has 0 aromatic heterocycles. The Morgan fingerprint density at radius 2 is 1.87 bits per heavy atom. The molecule has 2 heterocycles. The topological polar surface area (TPSA) is 94.5 Å². The molecule has 10 heteroatoms. The third-order valence-electron chi connectivity index (χ3n) is 5.04. The molecule has 2 aromatic rings. The maximum absolute atomic E-state index is 12.5. The molecule has 2 aliphatic rings. The Morgan fingerprint density at radius 1 is 1.10 bits per heavy atom. The van der Waals surface area contributed by atoms with Gasteiger partial charge in [-0.25, -0.2) is 8.42 Å². The monoisotopic (exact) mass is 462 g/mol. The number of nitrogens with zero attached hydrogens (tertiary/aromatic N) is 2. The van der Waals surface area contributed by atoms with Gasteiger partial charge in [0.2, 0.25) is 0 Å². The molecule has 4 rings (SSSR count). The Morgan fingerprint density at radius 3 is 2.58 bits per heavy atom. The Balaban J connectivity index is 1.63. The lowest BCUT2D eigenvalue weighted by molar-refractivity contribution is -0.119. The smallest absolute Gasteiger partial charge is 0.285 e. The summed E-state index contributed by atoms with van der Waals surface area (Å²) in [5.41, 5.74) is 0.635. The number of para-hydroxylation sites is 1. The summed E-state index contributed by atoms with van der Waals surface area (Å²) < 4.78 is 40.8. The molecule has 2 unspecified atom stereocenters. The molecule has 31 heavy (non-hydrogen) atoms. The van der Waals surface area contributed by atoms with Crippen LogP contribution in [0.2, 0.25) is 0 Å². The van der Waals surface area contributed by atoms with Crippen molar-refractivity contribution in [1.29, 1.82) is 0 Å². The summed E-state index contributed by atoms with van der Waals surface area (Å²) in [5.74, 6) is 1.27. The van der Waals surface area contributed by atoms with E-state index in [1.807, 2.05) is 18.2 Å². The fraction of sp³-hybridized carbons (Fsp3) is 0.333. The van der Waals surface area contributed by atoms with E-state index in [0.29, 0.717) is 28.1 Å². The zero-order valence-corrected chi connectivity index (χ0v) is 18.7. The maximum Gasteiger partial charge on any atom is 0.285 e. The summed E-state index contributed by atoms with van der Waals surface area (Å²) in [4.78, 5) is 18.6. The third-order valence-corrected chi connectivity index (χ3v) is 8.25. The lowest BCUT2D eigenvalue weighted by atomic mass is 10.2. The largest absolute Gasteiger partial charge is 0.497 e. The highest BCUT2D eigenvalue weighted by atomic mass is 32.2. The number of benzene rings is 2. The van der Waals surface area contributed by atoms with Crippen molar-refractivity contribution < 1.29 is 27.4 Å².